The Labute approximate surface area is 167 Å². The van der Waals surface area contributed by atoms with Crippen molar-refractivity contribution in [3.05, 3.63) is 77.9 Å². The van der Waals surface area contributed by atoms with Crippen molar-refractivity contribution < 1.29 is 14.3 Å². The smallest absolute Gasteiger partial charge is 0.337 e. The van der Waals surface area contributed by atoms with Gasteiger partial charge in [0, 0.05) is 24.1 Å². The Kier molecular flexibility index (Phi) is 4.02. The zero-order chi connectivity index (χ0) is 20.0. The molecule has 4 aromatic rings. The van der Waals surface area contributed by atoms with Crippen molar-refractivity contribution in [2.75, 3.05) is 7.11 Å². The number of nitrogens with zero attached hydrogens (tertiary/aromatic N) is 2. The number of para-hydroxylation sites is 1. The summed E-state index contributed by atoms with van der Waals surface area (Å²) in [6, 6.07) is 21.3. The Morgan fingerprint density at radius 1 is 0.931 bits per heavy atom. The lowest BCUT2D eigenvalue weighted by Gasteiger charge is -2.16. The first-order chi connectivity index (χ1) is 14.2. The molecule has 29 heavy (non-hydrogen) atoms. The second-order valence-corrected chi connectivity index (χ2v) is 7.08. The maximum absolute atomic E-state index is 12.2. The number of carbonyl (C=O) groups is 2. The molecule has 0 spiro atoms. The lowest BCUT2D eigenvalue weighted by Crippen LogP contribution is -2.14. The zero-order valence-electron chi connectivity index (χ0n) is 15.9. The number of ketones is 1. The maximum Gasteiger partial charge on any atom is 0.337 e. The number of Topliss-reactive ketones (excluding diaryl/α,β-unsaturated/α-hetero) is 1. The number of aryl methyl sites for hydroxylation is 1. The largest absolute Gasteiger partial charge is 0.465 e. The van der Waals surface area contributed by atoms with Gasteiger partial charge in [-0.15, -0.1) is 0 Å². The summed E-state index contributed by atoms with van der Waals surface area (Å²) in [6.07, 6.45) is 0.500. The van der Waals surface area contributed by atoms with Crippen molar-refractivity contribution in [1.82, 2.24) is 9.55 Å². The summed E-state index contributed by atoms with van der Waals surface area (Å²) in [5.74, 6) is 0.720. The van der Waals surface area contributed by atoms with E-state index in [0.717, 1.165) is 39.1 Å². The summed E-state index contributed by atoms with van der Waals surface area (Å²) in [6.45, 7) is 0.651. The summed E-state index contributed by atoms with van der Waals surface area (Å²) >= 11 is 0. The third kappa shape index (κ3) is 2.83. The molecular formula is C24H18N2O3. The van der Waals surface area contributed by atoms with Crippen LogP contribution in [-0.4, -0.2) is 28.4 Å². The van der Waals surface area contributed by atoms with E-state index in [2.05, 4.69) is 4.57 Å². The molecule has 0 saturated carbocycles. The SMILES string of the molecule is COC(=O)c1ccc(-c2ccc(-c3nc4cccc5c4n3CCC5=O)cc2)cc1. The van der Waals surface area contributed by atoms with Crippen molar-refractivity contribution in [2.45, 2.75) is 13.0 Å². The first kappa shape index (κ1) is 17.4. The highest BCUT2D eigenvalue weighted by molar-refractivity contribution is 6.08. The van der Waals surface area contributed by atoms with Gasteiger partial charge in [0.15, 0.2) is 5.78 Å². The molecule has 1 aliphatic heterocycles. The van der Waals surface area contributed by atoms with Gasteiger partial charge in [-0.1, -0.05) is 42.5 Å². The average Bonchev–Trinajstić information content (AvgIpc) is 3.16. The van der Waals surface area contributed by atoms with Gasteiger partial charge in [-0.25, -0.2) is 9.78 Å². The van der Waals surface area contributed by atoms with Crippen LogP contribution in [-0.2, 0) is 11.3 Å². The topological polar surface area (TPSA) is 61.2 Å². The second-order valence-electron chi connectivity index (χ2n) is 7.08. The molecule has 2 heterocycles. The minimum absolute atomic E-state index is 0.181. The molecule has 1 aliphatic rings. The number of hydrogen-bond donors (Lipinski definition) is 0. The van der Waals surface area contributed by atoms with E-state index in [1.165, 1.54) is 7.11 Å². The summed E-state index contributed by atoms with van der Waals surface area (Å²) in [4.78, 5) is 28.6. The van der Waals surface area contributed by atoms with Crippen LogP contribution in [0.5, 0.6) is 0 Å². The van der Waals surface area contributed by atoms with E-state index in [0.29, 0.717) is 18.5 Å². The van der Waals surface area contributed by atoms with Gasteiger partial charge < -0.3 is 9.30 Å². The fourth-order valence-electron chi connectivity index (χ4n) is 3.93. The number of ether oxygens (including phenoxy) is 1. The van der Waals surface area contributed by atoms with Crippen LogP contribution in [0, 0.1) is 0 Å². The first-order valence-corrected chi connectivity index (χ1v) is 9.47. The van der Waals surface area contributed by atoms with E-state index < -0.39 is 0 Å². The summed E-state index contributed by atoms with van der Waals surface area (Å²) in [5, 5.41) is 0. The van der Waals surface area contributed by atoms with E-state index in [4.69, 9.17) is 9.72 Å². The molecule has 3 aromatic carbocycles. The Morgan fingerprint density at radius 3 is 2.28 bits per heavy atom. The third-order valence-corrected chi connectivity index (χ3v) is 5.41. The molecule has 0 radical (unpaired) electrons. The quantitative estimate of drug-likeness (QED) is 0.480. The van der Waals surface area contributed by atoms with E-state index in [-0.39, 0.29) is 11.8 Å². The minimum atomic E-state index is -0.343. The highest BCUT2D eigenvalue weighted by Crippen LogP contribution is 2.32. The van der Waals surface area contributed by atoms with Crippen molar-refractivity contribution in [3.8, 4) is 22.5 Å². The number of carbonyl (C=O) groups excluding carboxylic acids is 2. The predicted molar refractivity (Wildman–Crippen MR) is 111 cm³/mol. The van der Waals surface area contributed by atoms with E-state index in [1.807, 2.05) is 54.6 Å². The minimum Gasteiger partial charge on any atom is -0.465 e. The van der Waals surface area contributed by atoms with Crippen LogP contribution in [0.4, 0.5) is 0 Å². The summed E-state index contributed by atoms with van der Waals surface area (Å²) in [7, 11) is 1.38. The first-order valence-electron chi connectivity index (χ1n) is 9.47. The lowest BCUT2D eigenvalue weighted by atomic mass is 10.0. The Balaban J connectivity index is 1.52. The Morgan fingerprint density at radius 2 is 1.59 bits per heavy atom. The van der Waals surface area contributed by atoms with Gasteiger partial charge >= 0.3 is 5.97 Å². The molecule has 0 atom stereocenters. The number of aromatic nitrogens is 2. The highest BCUT2D eigenvalue weighted by Gasteiger charge is 2.23. The zero-order valence-corrected chi connectivity index (χ0v) is 15.9. The highest BCUT2D eigenvalue weighted by atomic mass is 16.5. The van der Waals surface area contributed by atoms with Crippen LogP contribution in [0.1, 0.15) is 27.1 Å². The standard InChI is InChI=1S/C24H18N2O3/c1-29-24(28)18-11-7-16(8-12-18)15-5-9-17(10-6-15)23-25-20-4-2-3-19-21(27)13-14-26(23)22(19)20/h2-12H,13-14H2,1H3. The molecule has 5 rings (SSSR count). The molecule has 0 fully saturated rings. The second kappa shape index (κ2) is 6.71. The Hall–Kier alpha value is -3.73. The van der Waals surface area contributed by atoms with Crippen LogP contribution in [0.15, 0.2) is 66.7 Å². The maximum atomic E-state index is 12.2. The Bertz CT molecular complexity index is 1250. The molecular weight excluding hydrogens is 364 g/mol. The van der Waals surface area contributed by atoms with Crippen molar-refractivity contribution in [1.29, 1.82) is 0 Å². The van der Waals surface area contributed by atoms with Gasteiger partial charge in [-0.3, -0.25) is 4.79 Å². The molecule has 0 saturated heterocycles. The fraction of sp³-hybridized carbons (Fsp3) is 0.125. The van der Waals surface area contributed by atoms with Crippen LogP contribution < -0.4 is 0 Å². The molecule has 0 unspecified atom stereocenters. The van der Waals surface area contributed by atoms with Crippen LogP contribution in [0.3, 0.4) is 0 Å². The van der Waals surface area contributed by atoms with E-state index in [9.17, 15) is 9.59 Å². The number of methoxy groups -OCH3 is 1. The molecule has 5 heteroatoms. The van der Waals surface area contributed by atoms with Crippen molar-refractivity contribution in [2.24, 2.45) is 0 Å². The molecule has 1 aromatic heterocycles. The molecule has 142 valence electrons. The number of imidazole rings is 1. The number of hydrogen-bond acceptors (Lipinski definition) is 4. The average molecular weight is 382 g/mol. The summed E-state index contributed by atoms with van der Waals surface area (Å²) < 4.78 is 6.89. The normalized spacial score (nSPS) is 12.9. The van der Waals surface area contributed by atoms with Crippen LogP contribution >= 0.6 is 0 Å². The van der Waals surface area contributed by atoms with Crippen molar-refractivity contribution in [3.63, 3.8) is 0 Å². The van der Waals surface area contributed by atoms with E-state index >= 15 is 0 Å². The van der Waals surface area contributed by atoms with Gasteiger partial charge in [0.1, 0.15) is 5.82 Å². The number of esters is 1. The number of rotatable bonds is 3. The van der Waals surface area contributed by atoms with Gasteiger partial charge in [0.05, 0.1) is 23.7 Å². The van der Waals surface area contributed by atoms with Gasteiger partial charge in [0.25, 0.3) is 0 Å². The monoisotopic (exact) mass is 382 g/mol. The van der Waals surface area contributed by atoms with Gasteiger partial charge in [0.2, 0.25) is 0 Å². The van der Waals surface area contributed by atoms with Crippen LogP contribution in [0.2, 0.25) is 0 Å². The molecule has 0 aliphatic carbocycles. The molecule has 0 N–H and O–H groups in total. The molecule has 0 amide bonds. The molecule has 5 nitrogen and oxygen atoms in total. The third-order valence-electron chi connectivity index (χ3n) is 5.41. The number of benzene rings is 3. The van der Waals surface area contributed by atoms with Crippen LogP contribution in [0.25, 0.3) is 33.5 Å². The van der Waals surface area contributed by atoms with Gasteiger partial charge in [-0.05, 0) is 35.4 Å². The van der Waals surface area contributed by atoms with E-state index in [1.54, 1.807) is 12.1 Å². The fourth-order valence-corrected chi connectivity index (χ4v) is 3.93. The summed E-state index contributed by atoms with van der Waals surface area (Å²) in [5.41, 5.74) is 6.16. The predicted octanol–water partition coefficient (Wildman–Crippen LogP) is 4.74. The molecule has 0 bridgehead atoms. The van der Waals surface area contributed by atoms with Crippen molar-refractivity contribution >= 4 is 22.8 Å². The van der Waals surface area contributed by atoms with Gasteiger partial charge in [-0.2, -0.15) is 0 Å². The lowest BCUT2D eigenvalue weighted by molar-refractivity contribution is 0.0600.